The normalized spacial score (nSPS) is 11.4. The van der Waals surface area contributed by atoms with Gasteiger partial charge in [-0.15, -0.1) is 0 Å². The fourth-order valence-electron chi connectivity index (χ4n) is 3.82. The van der Waals surface area contributed by atoms with Crippen LogP contribution in [0.1, 0.15) is 46.2 Å². The van der Waals surface area contributed by atoms with Gasteiger partial charge in [-0.3, -0.25) is 4.79 Å². The number of ketones is 1. The van der Waals surface area contributed by atoms with Crippen molar-refractivity contribution < 1.29 is 4.79 Å². The number of carbonyl (C=O) groups excluding carboxylic acids is 1. The van der Waals surface area contributed by atoms with Crippen LogP contribution in [0.3, 0.4) is 0 Å². The predicted molar refractivity (Wildman–Crippen MR) is 161 cm³/mol. The summed E-state index contributed by atoms with van der Waals surface area (Å²) in [6.07, 6.45) is 11.2. The maximum Gasteiger partial charge on any atom is 0.133 e. The Balaban J connectivity index is 1.20. The van der Waals surface area contributed by atoms with Crippen molar-refractivity contribution in [2.24, 2.45) is 0 Å². The highest BCUT2D eigenvalue weighted by molar-refractivity contribution is 9.10. The van der Waals surface area contributed by atoms with Crippen molar-refractivity contribution >= 4 is 61.9 Å². The van der Waals surface area contributed by atoms with E-state index in [9.17, 15) is 4.79 Å². The summed E-state index contributed by atoms with van der Waals surface area (Å²) < 4.78 is 2.16. The lowest BCUT2D eigenvalue weighted by atomic mass is 10.0. The summed E-state index contributed by atoms with van der Waals surface area (Å²) in [6, 6.07) is 33.4. The molecule has 180 valence electrons. The molecule has 0 N–H and O–H groups in total. The third-order valence-electron chi connectivity index (χ3n) is 6.02. The number of hydrogen-bond donors (Lipinski definition) is 0. The smallest absolute Gasteiger partial charge is 0.133 e. The molecule has 1 nitrogen and oxygen atoms in total. The Hall–Kier alpha value is -3.01. The third kappa shape index (κ3) is 8.58. The van der Waals surface area contributed by atoms with Gasteiger partial charge in [0.15, 0.2) is 0 Å². The fourth-order valence-corrected chi connectivity index (χ4v) is 4.34. The number of carbonyl (C=O) groups is 1. The molecule has 0 saturated heterocycles. The second kappa shape index (κ2) is 13.3. The van der Waals surface area contributed by atoms with Crippen molar-refractivity contribution in [1.82, 2.24) is 0 Å². The lowest BCUT2D eigenvalue weighted by Crippen LogP contribution is -2.02. The van der Waals surface area contributed by atoms with Gasteiger partial charge >= 0.3 is 0 Å². The molecule has 0 aliphatic carbocycles. The first kappa shape index (κ1) is 26.1. The molecule has 0 bridgehead atoms. The first-order valence-electron chi connectivity index (χ1n) is 12.1. The quantitative estimate of drug-likeness (QED) is 0.166. The molecule has 0 atom stereocenters. The summed E-state index contributed by atoms with van der Waals surface area (Å²) >= 11 is 6.92. The summed E-state index contributed by atoms with van der Waals surface area (Å²) in [4.78, 5) is 12.5. The maximum absolute atomic E-state index is 12.5. The van der Waals surface area contributed by atoms with E-state index in [4.69, 9.17) is 0 Å². The van der Waals surface area contributed by atoms with Crippen LogP contribution in [0.25, 0.3) is 24.3 Å². The van der Waals surface area contributed by atoms with E-state index in [-0.39, 0.29) is 0 Å². The van der Waals surface area contributed by atoms with Crippen molar-refractivity contribution in [2.75, 3.05) is 0 Å². The number of Topliss-reactive ketones (excluding diaryl/α,β-unsaturated/α-hetero) is 1. The second-order valence-electron chi connectivity index (χ2n) is 8.79. The fraction of sp³-hybridized carbons (Fsp3) is 0.121. The van der Waals surface area contributed by atoms with Crippen LogP contribution in [0.2, 0.25) is 0 Å². The minimum atomic E-state index is 0.313. The summed E-state index contributed by atoms with van der Waals surface area (Å²) in [5, 5.41) is 0. The van der Waals surface area contributed by atoms with Crippen molar-refractivity contribution in [1.29, 1.82) is 0 Å². The lowest BCUT2D eigenvalue weighted by Gasteiger charge is -2.04. The van der Waals surface area contributed by atoms with Gasteiger partial charge in [0.25, 0.3) is 0 Å². The molecule has 0 fully saturated rings. The van der Waals surface area contributed by atoms with Gasteiger partial charge in [-0.25, -0.2) is 0 Å². The Morgan fingerprint density at radius 3 is 1.06 bits per heavy atom. The Kier molecular flexibility index (Phi) is 9.66. The van der Waals surface area contributed by atoms with Crippen LogP contribution in [-0.2, 0) is 17.6 Å². The zero-order valence-corrected chi connectivity index (χ0v) is 23.2. The van der Waals surface area contributed by atoms with Crippen LogP contribution in [-0.4, -0.2) is 5.78 Å². The Bertz CT molecular complexity index is 1210. The van der Waals surface area contributed by atoms with Crippen molar-refractivity contribution in [3.63, 3.8) is 0 Å². The topological polar surface area (TPSA) is 17.1 Å². The first-order valence-corrected chi connectivity index (χ1v) is 13.7. The molecule has 4 aromatic rings. The number of hydrogen-bond acceptors (Lipinski definition) is 1. The van der Waals surface area contributed by atoms with Gasteiger partial charge < -0.3 is 0 Å². The zero-order valence-electron chi connectivity index (χ0n) is 20.0. The molecular formula is C33H28Br2O. The second-order valence-corrected chi connectivity index (χ2v) is 10.6. The Morgan fingerprint density at radius 2 is 0.750 bits per heavy atom. The highest BCUT2D eigenvalue weighted by Crippen LogP contribution is 2.16. The predicted octanol–water partition coefficient (Wildman–Crippen LogP) is 9.69. The molecule has 0 aliphatic heterocycles. The molecule has 0 aromatic heterocycles. The lowest BCUT2D eigenvalue weighted by molar-refractivity contribution is -0.119. The van der Waals surface area contributed by atoms with E-state index in [0.717, 1.165) is 32.9 Å². The molecule has 0 radical (unpaired) electrons. The molecule has 0 unspecified atom stereocenters. The Morgan fingerprint density at radius 1 is 0.472 bits per heavy atom. The molecule has 4 aromatic carbocycles. The number of benzene rings is 4. The van der Waals surface area contributed by atoms with Crippen LogP contribution in [0, 0.1) is 0 Å². The molecule has 3 heteroatoms. The minimum Gasteiger partial charge on any atom is -0.300 e. The van der Waals surface area contributed by atoms with Gasteiger partial charge in [0.05, 0.1) is 0 Å². The maximum atomic E-state index is 12.5. The van der Waals surface area contributed by atoms with Crippen LogP contribution >= 0.6 is 31.9 Å². The largest absolute Gasteiger partial charge is 0.300 e. The summed E-state index contributed by atoms with van der Waals surface area (Å²) in [7, 11) is 0. The number of halogens is 2. The molecule has 0 spiro atoms. The average molecular weight is 600 g/mol. The number of aryl methyl sites for hydroxylation is 2. The van der Waals surface area contributed by atoms with Crippen LogP contribution in [0.5, 0.6) is 0 Å². The molecule has 0 saturated carbocycles. The molecule has 36 heavy (non-hydrogen) atoms. The zero-order chi connectivity index (χ0) is 25.2. The van der Waals surface area contributed by atoms with E-state index in [2.05, 4.69) is 129 Å². The summed E-state index contributed by atoms with van der Waals surface area (Å²) in [6.45, 7) is 0. The highest BCUT2D eigenvalue weighted by atomic mass is 79.9. The molecule has 0 aliphatic rings. The van der Waals surface area contributed by atoms with E-state index in [0.29, 0.717) is 18.6 Å². The summed E-state index contributed by atoms with van der Waals surface area (Å²) in [5.74, 6) is 0.313. The van der Waals surface area contributed by atoms with Crippen LogP contribution in [0.15, 0.2) is 106 Å². The van der Waals surface area contributed by atoms with E-state index < -0.39 is 0 Å². The summed E-state index contributed by atoms with van der Waals surface area (Å²) in [5.41, 5.74) is 7.04. The molecule has 0 amide bonds. The minimum absolute atomic E-state index is 0.313. The van der Waals surface area contributed by atoms with Gasteiger partial charge in [0.2, 0.25) is 0 Å². The van der Waals surface area contributed by atoms with Gasteiger partial charge in [-0.2, -0.15) is 0 Å². The van der Waals surface area contributed by atoms with Crippen molar-refractivity contribution in [3.05, 3.63) is 139 Å². The van der Waals surface area contributed by atoms with Gasteiger partial charge in [0, 0.05) is 21.8 Å². The number of rotatable bonds is 10. The van der Waals surface area contributed by atoms with E-state index >= 15 is 0 Å². The van der Waals surface area contributed by atoms with Crippen molar-refractivity contribution in [2.45, 2.75) is 25.7 Å². The highest BCUT2D eigenvalue weighted by Gasteiger charge is 2.04. The standard InChI is InChI=1S/C33H28Br2O/c34-31-19-13-29(14-20-31)11-5-25-1-7-27(8-2-25)17-23-33(36)24-18-28-9-3-26(4-10-28)6-12-30-15-21-32(35)22-16-30/h1-16,19-22H,17-18,23-24H2. The van der Waals surface area contributed by atoms with E-state index in [1.165, 1.54) is 22.3 Å². The first-order chi connectivity index (χ1) is 17.5. The third-order valence-corrected chi connectivity index (χ3v) is 7.08. The SMILES string of the molecule is O=C(CCc1ccc(C=Cc2ccc(Br)cc2)cc1)CCc1ccc(C=Cc2ccc(Br)cc2)cc1. The van der Waals surface area contributed by atoms with E-state index in [1.807, 2.05) is 24.3 Å². The van der Waals surface area contributed by atoms with Crippen molar-refractivity contribution in [3.8, 4) is 0 Å². The molecule has 0 heterocycles. The van der Waals surface area contributed by atoms with E-state index in [1.54, 1.807) is 0 Å². The average Bonchev–Trinajstić information content (AvgIpc) is 2.91. The van der Waals surface area contributed by atoms with Gasteiger partial charge in [0.1, 0.15) is 5.78 Å². The van der Waals surface area contributed by atoms with Gasteiger partial charge in [-0.1, -0.05) is 129 Å². The van der Waals surface area contributed by atoms with Crippen LogP contribution in [0.4, 0.5) is 0 Å². The Labute approximate surface area is 230 Å². The van der Waals surface area contributed by atoms with Crippen LogP contribution < -0.4 is 0 Å². The monoisotopic (exact) mass is 598 g/mol. The van der Waals surface area contributed by atoms with Gasteiger partial charge in [-0.05, 0) is 70.5 Å². The molecule has 4 rings (SSSR count). The molecular weight excluding hydrogens is 572 g/mol.